The first kappa shape index (κ1) is 15.1. The van der Waals surface area contributed by atoms with Gasteiger partial charge in [-0.2, -0.15) is 0 Å². The highest BCUT2D eigenvalue weighted by Crippen LogP contribution is 2.21. The third-order valence-electron chi connectivity index (χ3n) is 2.64. The van der Waals surface area contributed by atoms with Gasteiger partial charge in [0.25, 0.3) is 5.91 Å². The van der Waals surface area contributed by atoms with E-state index in [1.54, 1.807) is 4.90 Å². The first-order valence-corrected chi connectivity index (χ1v) is 5.62. The first-order valence-electron chi connectivity index (χ1n) is 5.24. The summed E-state index contributed by atoms with van der Waals surface area (Å²) >= 11 is 5.75. The smallest absolute Gasteiger partial charge is 0.255 e. The van der Waals surface area contributed by atoms with Crippen LogP contribution in [-0.4, -0.2) is 37.0 Å². The number of carbonyl (C=O) groups is 1. The van der Waals surface area contributed by atoms with E-state index in [1.807, 2.05) is 0 Å². The minimum absolute atomic E-state index is 0. The van der Waals surface area contributed by atoms with Crippen molar-refractivity contribution in [1.82, 2.24) is 10.2 Å². The molecule has 1 N–H and O–H groups in total. The zero-order valence-corrected chi connectivity index (χ0v) is 11.0. The Balaban J connectivity index is 0.00000162. The van der Waals surface area contributed by atoms with E-state index >= 15 is 0 Å². The summed E-state index contributed by atoms with van der Waals surface area (Å²) in [5.74, 6) is -2.48. The van der Waals surface area contributed by atoms with E-state index in [0.717, 1.165) is 12.1 Å². The molecule has 0 saturated carbocycles. The number of rotatable bonds is 1. The van der Waals surface area contributed by atoms with Gasteiger partial charge in [0.2, 0.25) is 0 Å². The van der Waals surface area contributed by atoms with Gasteiger partial charge >= 0.3 is 0 Å². The van der Waals surface area contributed by atoms with Crippen molar-refractivity contribution in [3.63, 3.8) is 0 Å². The van der Waals surface area contributed by atoms with Gasteiger partial charge in [-0.3, -0.25) is 4.79 Å². The van der Waals surface area contributed by atoms with Crippen LogP contribution < -0.4 is 5.32 Å². The van der Waals surface area contributed by atoms with Crippen molar-refractivity contribution in [2.75, 3.05) is 26.2 Å². The van der Waals surface area contributed by atoms with Gasteiger partial charge in [-0.15, -0.1) is 12.4 Å². The third-order valence-corrected chi connectivity index (χ3v) is 2.96. The van der Waals surface area contributed by atoms with Crippen LogP contribution in [0.4, 0.5) is 8.78 Å². The van der Waals surface area contributed by atoms with E-state index in [-0.39, 0.29) is 28.9 Å². The summed E-state index contributed by atoms with van der Waals surface area (Å²) in [6, 6.07) is 1.67. The van der Waals surface area contributed by atoms with Crippen molar-refractivity contribution in [2.45, 2.75) is 0 Å². The minimum atomic E-state index is -1.06. The van der Waals surface area contributed by atoms with Crippen LogP contribution in [-0.2, 0) is 0 Å². The molecule has 0 bridgehead atoms. The number of nitrogens with one attached hydrogen (secondary N) is 1. The minimum Gasteiger partial charge on any atom is -0.336 e. The van der Waals surface area contributed by atoms with Gasteiger partial charge in [-0.25, -0.2) is 8.78 Å². The Hall–Kier alpha value is -0.910. The maximum absolute atomic E-state index is 13.1. The molecule has 100 valence electrons. The summed E-state index contributed by atoms with van der Waals surface area (Å²) in [4.78, 5) is 13.6. The van der Waals surface area contributed by atoms with E-state index in [4.69, 9.17) is 11.6 Å². The predicted octanol–water partition coefficient (Wildman–Crippen LogP) is 2.09. The molecule has 0 aliphatic carbocycles. The topological polar surface area (TPSA) is 32.3 Å². The summed E-state index contributed by atoms with van der Waals surface area (Å²) in [5.41, 5.74) is 0.00691. The molecule has 1 aromatic carbocycles. The maximum atomic E-state index is 13.1. The van der Waals surface area contributed by atoms with Crippen molar-refractivity contribution in [3.05, 3.63) is 34.4 Å². The number of amides is 1. The molecule has 1 aliphatic rings. The van der Waals surface area contributed by atoms with Crippen LogP contribution in [0, 0.1) is 11.6 Å². The van der Waals surface area contributed by atoms with E-state index < -0.39 is 11.6 Å². The molecule has 1 aromatic rings. The second-order valence-corrected chi connectivity index (χ2v) is 4.20. The zero-order chi connectivity index (χ0) is 12.4. The normalized spacial score (nSPS) is 15.2. The number of hydrogen-bond donors (Lipinski definition) is 1. The molecule has 7 heteroatoms. The van der Waals surface area contributed by atoms with Gasteiger partial charge in [0.15, 0.2) is 11.6 Å². The zero-order valence-electron chi connectivity index (χ0n) is 9.38. The highest BCUT2D eigenvalue weighted by atomic mass is 35.5. The molecule has 1 fully saturated rings. The quantitative estimate of drug-likeness (QED) is 0.805. The number of piperazine rings is 1. The van der Waals surface area contributed by atoms with E-state index in [1.165, 1.54) is 0 Å². The predicted molar refractivity (Wildman–Crippen MR) is 67.4 cm³/mol. The average Bonchev–Trinajstić information content (AvgIpc) is 2.34. The number of hydrogen-bond acceptors (Lipinski definition) is 2. The van der Waals surface area contributed by atoms with E-state index in [9.17, 15) is 13.6 Å². The van der Waals surface area contributed by atoms with Gasteiger partial charge < -0.3 is 10.2 Å². The lowest BCUT2D eigenvalue weighted by Crippen LogP contribution is -2.46. The Morgan fingerprint density at radius 1 is 1.22 bits per heavy atom. The average molecular weight is 297 g/mol. The fraction of sp³-hybridized carbons (Fsp3) is 0.364. The molecule has 1 saturated heterocycles. The van der Waals surface area contributed by atoms with Crippen molar-refractivity contribution < 1.29 is 13.6 Å². The van der Waals surface area contributed by atoms with Crippen molar-refractivity contribution in [1.29, 1.82) is 0 Å². The monoisotopic (exact) mass is 296 g/mol. The second-order valence-electron chi connectivity index (χ2n) is 3.79. The lowest BCUT2D eigenvalue weighted by molar-refractivity contribution is 0.0735. The molecule has 0 radical (unpaired) electrons. The molecule has 1 aliphatic heterocycles. The Morgan fingerprint density at radius 2 is 1.78 bits per heavy atom. The number of benzene rings is 1. The van der Waals surface area contributed by atoms with Gasteiger partial charge in [0, 0.05) is 26.2 Å². The van der Waals surface area contributed by atoms with Crippen LogP contribution in [0.25, 0.3) is 0 Å². The van der Waals surface area contributed by atoms with Crippen LogP contribution in [0.1, 0.15) is 10.4 Å². The third kappa shape index (κ3) is 3.10. The van der Waals surface area contributed by atoms with Crippen LogP contribution in [0.3, 0.4) is 0 Å². The molecule has 1 heterocycles. The molecule has 2 rings (SSSR count). The largest absolute Gasteiger partial charge is 0.336 e. The molecule has 0 aromatic heterocycles. The fourth-order valence-electron chi connectivity index (χ4n) is 1.72. The molecule has 18 heavy (non-hydrogen) atoms. The van der Waals surface area contributed by atoms with Gasteiger partial charge in [-0.1, -0.05) is 11.6 Å². The van der Waals surface area contributed by atoms with E-state index in [2.05, 4.69) is 5.32 Å². The second kappa shape index (κ2) is 6.31. The molecule has 0 atom stereocenters. The molecule has 1 amide bonds. The standard InChI is InChI=1S/C11H11ClF2N2O.ClH/c12-8-6-10(14)9(13)5-7(8)11(17)16-3-1-15-2-4-16;/h5-6,15H,1-4H2;1H. The SMILES string of the molecule is Cl.O=C(c1cc(F)c(F)cc1Cl)N1CCNCC1. The summed E-state index contributed by atoms with van der Waals surface area (Å²) in [6.45, 7) is 2.45. The van der Waals surface area contributed by atoms with Crippen LogP contribution in [0.15, 0.2) is 12.1 Å². The lowest BCUT2D eigenvalue weighted by atomic mass is 10.1. The van der Waals surface area contributed by atoms with Crippen molar-refractivity contribution in [2.24, 2.45) is 0 Å². The molecular weight excluding hydrogens is 285 g/mol. The van der Waals surface area contributed by atoms with E-state index in [0.29, 0.717) is 26.2 Å². The van der Waals surface area contributed by atoms with Crippen molar-refractivity contribution >= 4 is 29.9 Å². The van der Waals surface area contributed by atoms with Gasteiger partial charge in [0.1, 0.15) is 0 Å². The molecule has 0 unspecified atom stereocenters. The first-order chi connectivity index (χ1) is 8.09. The Labute approximate surface area is 115 Å². The maximum Gasteiger partial charge on any atom is 0.255 e. The number of nitrogens with zero attached hydrogens (tertiary/aromatic N) is 1. The Morgan fingerprint density at radius 3 is 2.39 bits per heavy atom. The number of carbonyl (C=O) groups excluding carboxylic acids is 1. The lowest BCUT2D eigenvalue weighted by Gasteiger charge is -2.27. The van der Waals surface area contributed by atoms with Crippen LogP contribution in [0.2, 0.25) is 5.02 Å². The molecular formula is C11H12Cl2F2N2O. The highest BCUT2D eigenvalue weighted by molar-refractivity contribution is 6.33. The molecule has 3 nitrogen and oxygen atoms in total. The highest BCUT2D eigenvalue weighted by Gasteiger charge is 2.21. The van der Waals surface area contributed by atoms with Crippen LogP contribution in [0.5, 0.6) is 0 Å². The van der Waals surface area contributed by atoms with Gasteiger partial charge in [0.05, 0.1) is 10.6 Å². The van der Waals surface area contributed by atoms with Crippen LogP contribution >= 0.6 is 24.0 Å². The summed E-state index contributed by atoms with van der Waals surface area (Å²) in [7, 11) is 0. The Bertz CT molecular complexity index is 451. The summed E-state index contributed by atoms with van der Waals surface area (Å²) in [6.07, 6.45) is 0. The molecule has 0 spiro atoms. The van der Waals surface area contributed by atoms with Crippen molar-refractivity contribution in [3.8, 4) is 0 Å². The van der Waals surface area contributed by atoms with Gasteiger partial charge in [-0.05, 0) is 12.1 Å². The fourth-order valence-corrected chi connectivity index (χ4v) is 1.96. The summed E-state index contributed by atoms with van der Waals surface area (Å²) in [5, 5.41) is 3.03. The number of halogens is 4. The summed E-state index contributed by atoms with van der Waals surface area (Å²) < 4.78 is 25.9. The Kier molecular flexibility index (Phi) is 5.31.